The van der Waals surface area contributed by atoms with Gasteiger partial charge in [-0.05, 0) is 66.3 Å². The van der Waals surface area contributed by atoms with Crippen molar-refractivity contribution in [2.45, 2.75) is 43.3 Å². The zero-order chi connectivity index (χ0) is 23.0. The van der Waals surface area contributed by atoms with Crippen LogP contribution in [0.2, 0.25) is 0 Å². The van der Waals surface area contributed by atoms with E-state index in [9.17, 15) is 17.6 Å². The Morgan fingerprint density at radius 3 is 2.38 bits per heavy atom. The fraction of sp³-hybridized carbons (Fsp3) is 0.400. The van der Waals surface area contributed by atoms with E-state index in [0.29, 0.717) is 11.5 Å². The summed E-state index contributed by atoms with van der Waals surface area (Å²) in [7, 11) is -1.57. The highest BCUT2D eigenvalue weighted by molar-refractivity contribution is 7.90. The van der Waals surface area contributed by atoms with E-state index in [1.54, 1.807) is 0 Å². The molecule has 1 aromatic heterocycles. The molecule has 0 atom stereocenters. The topological polar surface area (TPSA) is 59.4 Å². The number of aromatic nitrogens is 1. The van der Waals surface area contributed by atoms with Crippen LogP contribution in [0.15, 0.2) is 53.6 Å². The van der Waals surface area contributed by atoms with E-state index in [2.05, 4.69) is 10.8 Å². The first-order valence-electron chi connectivity index (χ1n) is 11.0. The number of amides is 1. The van der Waals surface area contributed by atoms with Crippen molar-refractivity contribution in [3.8, 4) is 0 Å². The van der Waals surface area contributed by atoms with Gasteiger partial charge in [0.05, 0.1) is 10.6 Å². The molecule has 0 saturated carbocycles. The molecular weight excluding hydrogens is 427 g/mol. The molecular formula is C25H29FN2O3S. The van der Waals surface area contributed by atoms with Crippen LogP contribution in [0.25, 0.3) is 10.9 Å². The highest BCUT2D eigenvalue weighted by Crippen LogP contribution is 2.35. The van der Waals surface area contributed by atoms with Crippen LogP contribution in [0.3, 0.4) is 0 Å². The van der Waals surface area contributed by atoms with Gasteiger partial charge < -0.3 is 9.47 Å². The predicted molar refractivity (Wildman–Crippen MR) is 124 cm³/mol. The van der Waals surface area contributed by atoms with Crippen LogP contribution < -0.4 is 0 Å². The van der Waals surface area contributed by atoms with Crippen LogP contribution in [0.4, 0.5) is 4.39 Å². The second-order valence-corrected chi connectivity index (χ2v) is 11.0. The number of aryl methyl sites for hydroxylation is 1. The van der Waals surface area contributed by atoms with E-state index < -0.39 is 15.7 Å². The summed E-state index contributed by atoms with van der Waals surface area (Å²) in [6, 6.07) is 10.7. The number of carbonyl (C=O) groups excluding carboxylic acids is 1. The Morgan fingerprint density at radius 1 is 1.09 bits per heavy atom. The zero-order valence-electron chi connectivity index (χ0n) is 18.7. The average Bonchev–Trinajstić information content (AvgIpc) is 3.09. The maximum absolute atomic E-state index is 13.2. The van der Waals surface area contributed by atoms with Crippen molar-refractivity contribution in [2.24, 2.45) is 13.0 Å². The molecule has 2 aromatic carbocycles. The summed E-state index contributed by atoms with van der Waals surface area (Å²) < 4.78 is 40.9. The van der Waals surface area contributed by atoms with Gasteiger partial charge in [-0.2, -0.15) is 0 Å². The molecule has 1 saturated heterocycles. The number of piperidine rings is 1. The molecule has 0 aliphatic carbocycles. The molecule has 0 radical (unpaired) electrons. The minimum atomic E-state index is -3.57. The number of hydrogen-bond acceptors (Lipinski definition) is 3. The van der Waals surface area contributed by atoms with Gasteiger partial charge in [-0.1, -0.05) is 19.9 Å². The molecule has 1 fully saturated rings. The Kier molecular flexibility index (Phi) is 6.12. The van der Waals surface area contributed by atoms with Gasteiger partial charge in [0.25, 0.3) is 0 Å². The third-order valence-electron chi connectivity index (χ3n) is 6.35. The molecule has 32 heavy (non-hydrogen) atoms. The predicted octanol–water partition coefficient (Wildman–Crippen LogP) is 4.65. The average molecular weight is 457 g/mol. The van der Waals surface area contributed by atoms with Gasteiger partial charge in [0.2, 0.25) is 5.91 Å². The quantitative estimate of drug-likeness (QED) is 0.525. The lowest BCUT2D eigenvalue weighted by Gasteiger charge is -2.33. The van der Waals surface area contributed by atoms with Gasteiger partial charge in [-0.25, -0.2) is 12.8 Å². The van der Waals surface area contributed by atoms with Crippen LogP contribution in [0.1, 0.15) is 43.7 Å². The van der Waals surface area contributed by atoms with E-state index in [1.807, 2.05) is 44.0 Å². The maximum Gasteiger partial charge on any atom is 0.225 e. The van der Waals surface area contributed by atoms with Crippen molar-refractivity contribution < 1.29 is 17.6 Å². The lowest BCUT2D eigenvalue weighted by atomic mass is 9.88. The molecule has 3 aromatic rings. The second-order valence-electron chi connectivity index (χ2n) is 9.01. The normalized spacial score (nSPS) is 15.6. The van der Waals surface area contributed by atoms with Gasteiger partial charge in [0.1, 0.15) is 5.82 Å². The second kappa shape index (κ2) is 8.70. The first kappa shape index (κ1) is 22.5. The Bertz CT molecular complexity index is 1240. The molecule has 0 N–H and O–H groups in total. The number of hydrogen-bond donors (Lipinski definition) is 0. The third kappa shape index (κ3) is 4.44. The molecule has 2 heterocycles. The highest BCUT2D eigenvalue weighted by atomic mass is 32.2. The van der Waals surface area contributed by atoms with Crippen molar-refractivity contribution >= 4 is 26.6 Å². The van der Waals surface area contributed by atoms with Crippen molar-refractivity contribution in [1.29, 1.82) is 0 Å². The van der Waals surface area contributed by atoms with E-state index in [0.717, 1.165) is 36.8 Å². The Hall–Kier alpha value is -2.67. The molecule has 1 aliphatic heterocycles. The Morgan fingerprint density at radius 2 is 1.75 bits per heavy atom. The number of likely N-dealkylation sites (tertiary alicyclic amines) is 1. The molecule has 1 aliphatic rings. The van der Waals surface area contributed by atoms with E-state index in [1.165, 1.54) is 29.8 Å². The Labute approximate surface area is 188 Å². The fourth-order valence-corrected chi connectivity index (χ4v) is 5.94. The number of carbonyl (C=O) groups is 1. The molecule has 170 valence electrons. The molecule has 4 rings (SSSR count). The minimum Gasteiger partial charge on any atom is -0.350 e. The van der Waals surface area contributed by atoms with Crippen molar-refractivity contribution in [3.63, 3.8) is 0 Å². The molecule has 5 nitrogen and oxygen atoms in total. The molecule has 0 bridgehead atoms. The number of benzene rings is 2. The number of nitrogens with zero attached hydrogens (tertiary/aromatic N) is 2. The van der Waals surface area contributed by atoms with E-state index >= 15 is 0 Å². The van der Waals surface area contributed by atoms with Crippen LogP contribution in [-0.2, 0) is 27.4 Å². The SMILES string of the molecule is CC(C)C(=O)N1CCC(c2cn(C)c3ccc(CS(=O)(=O)c4ccc(F)cc4)cc23)CC1. The van der Waals surface area contributed by atoms with Crippen molar-refractivity contribution in [1.82, 2.24) is 9.47 Å². The third-order valence-corrected chi connectivity index (χ3v) is 8.06. The zero-order valence-corrected chi connectivity index (χ0v) is 19.5. The summed E-state index contributed by atoms with van der Waals surface area (Å²) in [5.41, 5.74) is 2.98. The molecule has 0 unspecified atom stereocenters. The molecule has 1 amide bonds. The first-order chi connectivity index (χ1) is 15.2. The summed E-state index contributed by atoms with van der Waals surface area (Å²) in [6.45, 7) is 5.36. The first-order valence-corrected chi connectivity index (χ1v) is 12.7. The minimum absolute atomic E-state index is 0.00900. The van der Waals surface area contributed by atoms with Gasteiger partial charge in [-0.15, -0.1) is 0 Å². The maximum atomic E-state index is 13.2. The summed E-state index contributed by atoms with van der Waals surface area (Å²) in [5.74, 6) is -0.0479. The van der Waals surface area contributed by atoms with Crippen LogP contribution >= 0.6 is 0 Å². The monoisotopic (exact) mass is 456 g/mol. The van der Waals surface area contributed by atoms with Crippen LogP contribution in [-0.4, -0.2) is 36.9 Å². The summed E-state index contributed by atoms with van der Waals surface area (Å²) in [5, 5.41) is 1.06. The lowest BCUT2D eigenvalue weighted by Crippen LogP contribution is -2.40. The standard InChI is InChI=1S/C25H29FN2O3S/c1-17(2)25(29)28-12-10-19(11-13-28)23-15-27(3)24-9-4-18(14-22(23)24)16-32(30,31)21-7-5-20(26)6-8-21/h4-9,14-15,17,19H,10-13,16H2,1-3H3. The van der Waals surface area contributed by atoms with Crippen LogP contribution in [0, 0.1) is 11.7 Å². The van der Waals surface area contributed by atoms with Crippen molar-refractivity contribution in [3.05, 3.63) is 65.6 Å². The van der Waals surface area contributed by atoms with E-state index in [4.69, 9.17) is 0 Å². The summed E-state index contributed by atoms with van der Waals surface area (Å²) >= 11 is 0. The number of fused-ring (bicyclic) bond motifs is 1. The smallest absolute Gasteiger partial charge is 0.225 e. The lowest BCUT2D eigenvalue weighted by molar-refractivity contribution is -0.135. The molecule has 0 spiro atoms. The number of sulfone groups is 1. The van der Waals surface area contributed by atoms with Gasteiger partial charge in [0.15, 0.2) is 9.84 Å². The largest absolute Gasteiger partial charge is 0.350 e. The summed E-state index contributed by atoms with van der Waals surface area (Å²) in [4.78, 5) is 14.4. The van der Waals surface area contributed by atoms with Gasteiger partial charge >= 0.3 is 0 Å². The van der Waals surface area contributed by atoms with Gasteiger partial charge in [0, 0.05) is 43.2 Å². The van der Waals surface area contributed by atoms with Crippen molar-refractivity contribution in [2.75, 3.05) is 13.1 Å². The van der Waals surface area contributed by atoms with E-state index in [-0.39, 0.29) is 22.5 Å². The number of halogens is 1. The molecule has 7 heteroatoms. The number of rotatable bonds is 5. The van der Waals surface area contributed by atoms with Gasteiger partial charge in [-0.3, -0.25) is 4.79 Å². The Balaban J connectivity index is 1.59. The summed E-state index contributed by atoms with van der Waals surface area (Å²) in [6.07, 6.45) is 3.93. The fourth-order valence-electron chi connectivity index (χ4n) is 4.61. The highest BCUT2D eigenvalue weighted by Gasteiger charge is 2.27. The van der Waals surface area contributed by atoms with Crippen LogP contribution in [0.5, 0.6) is 0 Å².